The molecular formula is C20H26N2O20S4-4. The van der Waals surface area contributed by atoms with Crippen LogP contribution in [-0.4, -0.2) is 132 Å². The monoisotopic (exact) mass is 742 g/mol. The molecule has 2 amide bonds. The van der Waals surface area contributed by atoms with E-state index in [9.17, 15) is 61.5 Å². The molecule has 1 aliphatic rings. The molecule has 1 heterocycles. The Balaban J connectivity index is 2.22. The van der Waals surface area contributed by atoms with Crippen molar-refractivity contribution in [3.05, 3.63) is 35.9 Å². The van der Waals surface area contributed by atoms with Crippen LogP contribution in [0, 0.1) is 0 Å². The summed E-state index contributed by atoms with van der Waals surface area (Å²) in [7, 11) is -23.4. The molecule has 0 spiro atoms. The Kier molecular flexibility index (Phi) is 14.3. The number of amides is 2. The lowest BCUT2D eigenvalue weighted by molar-refractivity contribution is -0.286. The molecule has 1 N–H and O–H groups in total. The van der Waals surface area contributed by atoms with E-state index in [0.717, 1.165) is 5.56 Å². The van der Waals surface area contributed by atoms with Gasteiger partial charge in [0.15, 0.2) is 12.4 Å². The Bertz CT molecular complexity index is 1620. The summed E-state index contributed by atoms with van der Waals surface area (Å²) in [6.07, 6.45) is -12.8. The van der Waals surface area contributed by atoms with Crippen LogP contribution in [0.25, 0.3) is 0 Å². The number of hydrogen-bond donors (Lipinski definition) is 1. The predicted octanol–water partition coefficient (Wildman–Crippen LogP) is -4.05. The van der Waals surface area contributed by atoms with Crippen molar-refractivity contribution in [2.24, 2.45) is 0 Å². The van der Waals surface area contributed by atoms with Crippen LogP contribution in [0.2, 0.25) is 0 Å². The first-order valence-electron chi connectivity index (χ1n) is 12.4. The van der Waals surface area contributed by atoms with Crippen LogP contribution in [0.4, 0.5) is 0 Å². The van der Waals surface area contributed by atoms with Gasteiger partial charge in [-0.1, -0.05) is 30.3 Å². The van der Waals surface area contributed by atoms with Gasteiger partial charge in [0.25, 0.3) is 0 Å². The number of hydrogen-bond acceptors (Lipinski definition) is 20. The van der Waals surface area contributed by atoms with E-state index in [4.69, 9.17) is 9.47 Å². The number of carbonyl (C=O) groups excluding carboxylic acids is 2. The minimum atomic E-state index is -5.99. The first-order chi connectivity index (χ1) is 21.0. The summed E-state index contributed by atoms with van der Waals surface area (Å²) in [5.41, 5.74) is 0.885. The molecule has 22 nitrogen and oxygen atoms in total. The van der Waals surface area contributed by atoms with Crippen molar-refractivity contribution < 1.29 is 87.7 Å². The lowest BCUT2D eigenvalue weighted by Gasteiger charge is -2.45. The van der Waals surface area contributed by atoms with Crippen LogP contribution in [0.5, 0.6) is 0 Å². The molecule has 0 aliphatic carbocycles. The van der Waals surface area contributed by atoms with Crippen LogP contribution in [0.15, 0.2) is 30.3 Å². The summed E-state index contributed by atoms with van der Waals surface area (Å²) >= 11 is 0. The Morgan fingerprint density at radius 2 is 1.37 bits per heavy atom. The summed E-state index contributed by atoms with van der Waals surface area (Å²) in [6.45, 7) is -1.81. The second-order valence-electron chi connectivity index (χ2n) is 9.04. The summed E-state index contributed by atoms with van der Waals surface area (Å²) in [5, 5.41) is 2.31. The maximum Gasteiger partial charge on any atom is 0.239 e. The maximum atomic E-state index is 12.4. The van der Waals surface area contributed by atoms with Crippen molar-refractivity contribution in [1.82, 2.24) is 10.2 Å². The van der Waals surface area contributed by atoms with Gasteiger partial charge in [-0.2, -0.15) is 0 Å². The molecule has 0 radical (unpaired) electrons. The Labute approximate surface area is 263 Å². The highest BCUT2D eigenvalue weighted by molar-refractivity contribution is 7.81. The summed E-state index contributed by atoms with van der Waals surface area (Å²) < 4.78 is 161. The zero-order valence-electron chi connectivity index (χ0n) is 23.3. The van der Waals surface area contributed by atoms with E-state index in [1.165, 1.54) is 11.8 Å². The van der Waals surface area contributed by atoms with Gasteiger partial charge in [0.05, 0.1) is 19.8 Å². The average molecular weight is 743 g/mol. The lowest BCUT2D eigenvalue weighted by atomic mass is 9.99. The molecule has 46 heavy (non-hydrogen) atoms. The number of carbonyl (C=O) groups is 2. The third-order valence-corrected chi connectivity index (χ3v) is 7.45. The molecule has 26 heteroatoms. The standard InChI is InChI=1S/C20H30N2O20S4/c1-13(23)22(9-7-14-5-3-2-4-6-14)11-16(24)21-8-10-37-20-19(42-46(34,35)36)18(41-45(31,32)33)17(40-44(28,29)30)15(39-20)12-38-43(25,26)27/h2-6,15,17-20H,7-12H2,1H3,(H,21,24)(H,25,26,27)(H,28,29,30)(H,31,32,33)(H,34,35,36)/p-4/t15-,17-,18+,19+,20+/m1/s1. The van der Waals surface area contributed by atoms with Gasteiger partial charge in [-0.15, -0.1) is 0 Å². The van der Waals surface area contributed by atoms with E-state index in [1.807, 2.05) is 12.1 Å². The molecule has 0 bridgehead atoms. The van der Waals surface area contributed by atoms with E-state index in [-0.39, 0.29) is 6.54 Å². The zero-order chi connectivity index (χ0) is 34.9. The molecule has 1 aromatic carbocycles. The van der Waals surface area contributed by atoms with E-state index in [2.05, 4.69) is 22.0 Å². The fraction of sp³-hybridized carbons (Fsp3) is 0.600. The van der Waals surface area contributed by atoms with E-state index in [0.29, 0.717) is 6.42 Å². The van der Waals surface area contributed by atoms with Gasteiger partial charge >= 0.3 is 0 Å². The Morgan fingerprint density at radius 1 is 0.826 bits per heavy atom. The predicted molar refractivity (Wildman–Crippen MR) is 139 cm³/mol. The SMILES string of the molecule is CC(=O)N(CCc1ccccc1)CC(=O)NCCO[C@H]1O[C@H](COS(=O)(=O)[O-])[C@@H](OS(=O)(=O)[O-])[C@H](OS(=O)(=O)[O-])[C@@H]1OS(=O)(=O)[O-]. The van der Waals surface area contributed by atoms with Gasteiger partial charge < -0.3 is 37.9 Å². The molecule has 2 rings (SSSR count). The molecule has 1 aliphatic heterocycles. The average Bonchev–Trinajstić information content (AvgIpc) is 2.88. The fourth-order valence-electron chi connectivity index (χ4n) is 3.89. The maximum absolute atomic E-state index is 12.4. The van der Waals surface area contributed by atoms with Gasteiger partial charge in [-0.25, -0.2) is 33.7 Å². The highest BCUT2D eigenvalue weighted by atomic mass is 32.3. The zero-order valence-corrected chi connectivity index (χ0v) is 26.5. The lowest BCUT2D eigenvalue weighted by Crippen LogP contribution is -2.63. The third kappa shape index (κ3) is 15.4. The van der Waals surface area contributed by atoms with Gasteiger partial charge in [-0.05, 0) is 12.0 Å². The van der Waals surface area contributed by atoms with Gasteiger partial charge in [-0.3, -0.25) is 26.3 Å². The van der Waals surface area contributed by atoms with Gasteiger partial charge in [0, 0.05) is 20.0 Å². The van der Waals surface area contributed by atoms with Crippen LogP contribution in [0.1, 0.15) is 12.5 Å². The first kappa shape index (κ1) is 39.7. The van der Waals surface area contributed by atoms with Crippen LogP contribution in [-0.2, 0) is 83.8 Å². The second-order valence-corrected chi connectivity index (χ2v) is 13.1. The smallest absolute Gasteiger partial charge is 0.239 e. The summed E-state index contributed by atoms with van der Waals surface area (Å²) in [6, 6.07) is 8.98. The Hall–Kier alpha value is -2.44. The molecule has 5 atom stereocenters. The van der Waals surface area contributed by atoms with Gasteiger partial charge in [0.2, 0.25) is 53.4 Å². The molecule has 0 aromatic heterocycles. The molecule has 0 unspecified atom stereocenters. The number of benzene rings is 1. The molecular weight excluding hydrogens is 716 g/mol. The van der Waals surface area contributed by atoms with Crippen molar-refractivity contribution in [2.45, 2.75) is 44.1 Å². The minimum Gasteiger partial charge on any atom is -0.726 e. The normalized spacial score (nSPS) is 22.7. The topological polar surface area (TPSA) is 334 Å². The fourth-order valence-corrected chi connectivity index (χ4v) is 5.66. The highest BCUT2D eigenvalue weighted by Crippen LogP contribution is 2.31. The number of rotatable bonds is 18. The summed E-state index contributed by atoms with van der Waals surface area (Å²) in [4.78, 5) is 25.6. The van der Waals surface area contributed by atoms with Crippen LogP contribution in [0.3, 0.4) is 0 Å². The van der Waals surface area contributed by atoms with Crippen molar-refractivity contribution in [1.29, 1.82) is 0 Å². The van der Waals surface area contributed by atoms with Crippen LogP contribution < -0.4 is 5.32 Å². The highest BCUT2D eigenvalue weighted by Gasteiger charge is 2.52. The largest absolute Gasteiger partial charge is 0.726 e. The molecule has 264 valence electrons. The molecule has 0 saturated carbocycles. The summed E-state index contributed by atoms with van der Waals surface area (Å²) in [5.74, 6) is -1.17. The van der Waals surface area contributed by atoms with E-state index in [1.54, 1.807) is 18.2 Å². The Morgan fingerprint density at radius 3 is 1.89 bits per heavy atom. The van der Waals surface area contributed by atoms with E-state index >= 15 is 0 Å². The quantitative estimate of drug-likeness (QED) is 0.0849. The first-order valence-corrected chi connectivity index (χ1v) is 17.7. The molecule has 1 fully saturated rings. The van der Waals surface area contributed by atoms with Crippen molar-refractivity contribution in [3.63, 3.8) is 0 Å². The van der Waals surface area contributed by atoms with E-state index < -0.39 is 110 Å². The minimum absolute atomic E-state index is 0.163. The number of nitrogens with one attached hydrogen (secondary N) is 1. The number of ether oxygens (including phenoxy) is 2. The van der Waals surface area contributed by atoms with Crippen molar-refractivity contribution >= 4 is 53.4 Å². The van der Waals surface area contributed by atoms with Gasteiger partial charge in [0.1, 0.15) is 18.3 Å². The van der Waals surface area contributed by atoms with Crippen molar-refractivity contribution in [3.8, 4) is 0 Å². The molecule has 1 saturated heterocycles. The van der Waals surface area contributed by atoms with Crippen molar-refractivity contribution in [2.75, 3.05) is 32.8 Å². The number of nitrogens with zero attached hydrogens (tertiary/aromatic N) is 1. The molecule has 1 aromatic rings. The third-order valence-electron chi connectivity index (χ3n) is 5.65. The second kappa shape index (κ2) is 16.6. The van der Waals surface area contributed by atoms with Crippen LogP contribution >= 0.6 is 0 Å².